The third-order valence-electron chi connectivity index (χ3n) is 3.12. The topological polar surface area (TPSA) is 109 Å². The fraction of sp³-hybridized carbons (Fsp3) is 0.250. The molecular weight excluding hydrogens is 344 g/mol. The Kier molecular flexibility index (Phi) is 6.47. The maximum atomic E-state index is 12.0. The summed E-state index contributed by atoms with van der Waals surface area (Å²) in [5, 5.41) is 9.49. The molecule has 0 bridgehead atoms. The average Bonchev–Trinajstić information content (AvgIpc) is 3.09. The second kappa shape index (κ2) is 8.78. The van der Waals surface area contributed by atoms with E-state index in [4.69, 9.17) is 4.74 Å². The highest BCUT2D eigenvalue weighted by molar-refractivity contribution is 7.13. The monoisotopic (exact) mass is 362 g/mol. The van der Waals surface area contributed by atoms with Crippen LogP contribution < -0.4 is 16.0 Å². The van der Waals surface area contributed by atoms with Gasteiger partial charge in [0.25, 0.3) is 5.91 Å². The molecule has 1 heterocycles. The molecule has 0 spiro atoms. The Morgan fingerprint density at radius 1 is 1.24 bits per heavy atom. The summed E-state index contributed by atoms with van der Waals surface area (Å²) >= 11 is 1.26. The first-order chi connectivity index (χ1) is 12.0. The quantitative estimate of drug-likeness (QED) is 0.676. The van der Waals surface area contributed by atoms with E-state index in [1.165, 1.54) is 25.3 Å². The van der Waals surface area contributed by atoms with Gasteiger partial charge in [-0.1, -0.05) is 30.3 Å². The van der Waals surface area contributed by atoms with Crippen LogP contribution in [0.25, 0.3) is 0 Å². The zero-order valence-electron chi connectivity index (χ0n) is 13.7. The van der Waals surface area contributed by atoms with Gasteiger partial charge in [0.1, 0.15) is 0 Å². The van der Waals surface area contributed by atoms with Gasteiger partial charge in [-0.3, -0.25) is 10.1 Å². The predicted molar refractivity (Wildman–Crippen MR) is 93.4 cm³/mol. The van der Waals surface area contributed by atoms with Gasteiger partial charge in [0.2, 0.25) is 0 Å². The molecule has 9 heteroatoms. The number of benzene rings is 1. The van der Waals surface area contributed by atoms with Crippen LogP contribution in [0.15, 0.2) is 35.7 Å². The van der Waals surface area contributed by atoms with Gasteiger partial charge in [0.05, 0.1) is 0 Å². The Labute approximate surface area is 148 Å². The van der Waals surface area contributed by atoms with Crippen molar-refractivity contribution in [3.63, 3.8) is 0 Å². The van der Waals surface area contributed by atoms with Gasteiger partial charge in [0.15, 0.2) is 16.9 Å². The number of aromatic nitrogens is 1. The standard InChI is InChI=1S/C16H18N4O4S/c1-10(13(21)20-15(23)17-2)24-14(22)12-9-25-16(19-12)18-8-11-6-4-3-5-7-11/h3-7,9-10H,8H2,1-2H3,(H,18,19)(H2,17,20,21,23). The fourth-order valence-corrected chi connectivity index (χ4v) is 2.45. The molecule has 0 radical (unpaired) electrons. The largest absolute Gasteiger partial charge is 0.448 e. The summed E-state index contributed by atoms with van der Waals surface area (Å²) in [6, 6.07) is 9.08. The first-order valence-electron chi connectivity index (χ1n) is 7.46. The van der Waals surface area contributed by atoms with E-state index in [1.54, 1.807) is 5.38 Å². The van der Waals surface area contributed by atoms with Crippen LogP contribution in [0.2, 0.25) is 0 Å². The van der Waals surface area contributed by atoms with Crippen LogP contribution in [0.3, 0.4) is 0 Å². The van der Waals surface area contributed by atoms with Gasteiger partial charge >= 0.3 is 12.0 Å². The van der Waals surface area contributed by atoms with E-state index in [0.717, 1.165) is 5.56 Å². The SMILES string of the molecule is CNC(=O)NC(=O)C(C)OC(=O)c1csc(NCc2ccccc2)n1. The number of thiazole rings is 1. The normalized spacial score (nSPS) is 11.3. The molecule has 0 saturated carbocycles. The average molecular weight is 362 g/mol. The third-order valence-corrected chi connectivity index (χ3v) is 3.92. The van der Waals surface area contributed by atoms with Crippen molar-refractivity contribution in [2.24, 2.45) is 0 Å². The van der Waals surface area contributed by atoms with Gasteiger partial charge < -0.3 is 15.4 Å². The van der Waals surface area contributed by atoms with E-state index in [9.17, 15) is 14.4 Å². The molecular formula is C16H18N4O4S. The molecule has 132 valence electrons. The molecule has 8 nitrogen and oxygen atoms in total. The second-order valence-corrected chi connectivity index (χ2v) is 5.85. The van der Waals surface area contributed by atoms with Crippen molar-refractivity contribution in [1.29, 1.82) is 0 Å². The fourth-order valence-electron chi connectivity index (χ4n) is 1.77. The lowest BCUT2D eigenvalue weighted by Gasteiger charge is -2.11. The highest BCUT2D eigenvalue weighted by Crippen LogP contribution is 2.17. The highest BCUT2D eigenvalue weighted by atomic mass is 32.1. The highest BCUT2D eigenvalue weighted by Gasteiger charge is 2.22. The Hall–Kier alpha value is -2.94. The summed E-state index contributed by atoms with van der Waals surface area (Å²) in [5.74, 6) is -1.45. The zero-order chi connectivity index (χ0) is 18.2. The number of hydrogen-bond acceptors (Lipinski definition) is 7. The lowest BCUT2D eigenvalue weighted by atomic mass is 10.2. The van der Waals surface area contributed by atoms with Gasteiger partial charge in [-0.05, 0) is 12.5 Å². The molecule has 0 aliphatic carbocycles. The molecule has 1 atom stereocenters. The minimum atomic E-state index is -1.12. The van der Waals surface area contributed by atoms with Crippen molar-refractivity contribution in [2.75, 3.05) is 12.4 Å². The number of hydrogen-bond donors (Lipinski definition) is 3. The smallest absolute Gasteiger partial charge is 0.358 e. The van der Waals surface area contributed by atoms with Crippen LogP contribution in [0.4, 0.5) is 9.93 Å². The lowest BCUT2D eigenvalue weighted by molar-refractivity contribution is -0.127. The van der Waals surface area contributed by atoms with E-state index >= 15 is 0 Å². The molecule has 25 heavy (non-hydrogen) atoms. The number of ether oxygens (including phenoxy) is 1. The van der Waals surface area contributed by atoms with E-state index in [1.807, 2.05) is 35.6 Å². The minimum Gasteiger partial charge on any atom is -0.448 e. The minimum absolute atomic E-state index is 0.0974. The van der Waals surface area contributed by atoms with Crippen molar-refractivity contribution in [2.45, 2.75) is 19.6 Å². The number of rotatable bonds is 6. The molecule has 2 rings (SSSR count). The predicted octanol–water partition coefficient (Wildman–Crippen LogP) is 1.76. The molecule has 0 aliphatic rings. The molecule has 3 N–H and O–H groups in total. The molecule has 3 amide bonds. The van der Waals surface area contributed by atoms with Crippen LogP contribution in [0.5, 0.6) is 0 Å². The number of carbonyl (C=O) groups excluding carboxylic acids is 3. The van der Waals surface area contributed by atoms with Crippen molar-refractivity contribution in [1.82, 2.24) is 15.6 Å². The Bertz CT molecular complexity index is 748. The number of nitrogens with one attached hydrogen (secondary N) is 3. The number of anilines is 1. The van der Waals surface area contributed by atoms with E-state index in [-0.39, 0.29) is 5.69 Å². The first kappa shape index (κ1) is 18.4. The summed E-state index contributed by atoms with van der Waals surface area (Å²) in [7, 11) is 1.37. The summed E-state index contributed by atoms with van der Waals surface area (Å²) in [5.41, 5.74) is 1.18. The van der Waals surface area contributed by atoms with Crippen molar-refractivity contribution in [3.8, 4) is 0 Å². The van der Waals surface area contributed by atoms with Crippen LogP contribution >= 0.6 is 11.3 Å². The summed E-state index contributed by atoms with van der Waals surface area (Å²) in [6.07, 6.45) is -1.12. The molecule has 1 unspecified atom stereocenters. The summed E-state index contributed by atoms with van der Waals surface area (Å²) in [6.45, 7) is 1.95. The van der Waals surface area contributed by atoms with Crippen molar-refractivity contribution < 1.29 is 19.1 Å². The van der Waals surface area contributed by atoms with E-state index in [0.29, 0.717) is 11.7 Å². The Morgan fingerprint density at radius 2 is 1.96 bits per heavy atom. The maximum Gasteiger partial charge on any atom is 0.358 e. The van der Waals surface area contributed by atoms with Crippen molar-refractivity contribution in [3.05, 3.63) is 47.0 Å². The maximum absolute atomic E-state index is 12.0. The summed E-state index contributed by atoms with van der Waals surface area (Å²) in [4.78, 5) is 38.9. The Balaban J connectivity index is 1.87. The van der Waals surface area contributed by atoms with Crippen LogP contribution in [0.1, 0.15) is 23.0 Å². The third kappa shape index (κ3) is 5.57. The number of amides is 3. The molecule has 0 saturated heterocycles. The Morgan fingerprint density at radius 3 is 2.64 bits per heavy atom. The molecule has 1 aromatic heterocycles. The van der Waals surface area contributed by atoms with Crippen molar-refractivity contribution >= 4 is 34.4 Å². The first-order valence-corrected chi connectivity index (χ1v) is 8.34. The van der Waals surface area contributed by atoms with Crippen LogP contribution in [-0.2, 0) is 16.1 Å². The number of carbonyl (C=O) groups is 3. The lowest BCUT2D eigenvalue weighted by Crippen LogP contribution is -2.43. The number of esters is 1. The van der Waals surface area contributed by atoms with E-state index in [2.05, 4.69) is 15.6 Å². The number of nitrogens with zero attached hydrogens (tertiary/aromatic N) is 1. The number of urea groups is 1. The summed E-state index contributed by atoms with van der Waals surface area (Å²) < 4.78 is 5.01. The van der Waals surface area contributed by atoms with Gasteiger partial charge in [-0.15, -0.1) is 11.3 Å². The molecule has 0 fully saturated rings. The van der Waals surface area contributed by atoms with Gasteiger partial charge in [0, 0.05) is 19.0 Å². The molecule has 2 aromatic rings. The second-order valence-electron chi connectivity index (χ2n) is 4.99. The van der Waals surface area contributed by atoms with E-state index < -0.39 is 24.0 Å². The van der Waals surface area contributed by atoms with Crippen LogP contribution in [0, 0.1) is 0 Å². The molecule has 1 aromatic carbocycles. The number of imide groups is 1. The van der Waals surface area contributed by atoms with Gasteiger partial charge in [-0.2, -0.15) is 0 Å². The van der Waals surface area contributed by atoms with Gasteiger partial charge in [-0.25, -0.2) is 14.6 Å². The van der Waals surface area contributed by atoms with Crippen LogP contribution in [-0.4, -0.2) is 36.0 Å². The zero-order valence-corrected chi connectivity index (χ0v) is 14.6. The molecule has 0 aliphatic heterocycles.